The van der Waals surface area contributed by atoms with Crippen LogP contribution >= 0.6 is 22.9 Å². The van der Waals surface area contributed by atoms with Crippen molar-refractivity contribution in [1.82, 2.24) is 14.8 Å². The van der Waals surface area contributed by atoms with Crippen molar-refractivity contribution in [3.63, 3.8) is 0 Å². The molecule has 2 heterocycles. The molecule has 0 spiro atoms. The Morgan fingerprint density at radius 3 is 2.19 bits per heavy atom. The molecule has 0 N–H and O–H groups in total. The third kappa shape index (κ3) is 4.96. The molecule has 1 saturated heterocycles. The maximum atomic E-state index is 5.97. The fourth-order valence-electron chi connectivity index (χ4n) is 3.39. The summed E-state index contributed by atoms with van der Waals surface area (Å²) in [6.07, 6.45) is 0. The Kier molecular flexibility index (Phi) is 5.89. The van der Waals surface area contributed by atoms with E-state index in [0.29, 0.717) is 0 Å². The van der Waals surface area contributed by atoms with Crippen LogP contribution in [0.5, 0.6) is 0 Å². The Hall–Kier alpha value is -1.72. The third-order valence-electron chi connectivity index (χ3n) is 5.02. The van der Waals surface area contributed by atoms with Crippen molar-refractivity contribution in [3.05, 3.63) is 75.8 Å². The molecular formula is C22H24ClN3S. The van der Waals surface area contributed by atoms with Crippen molar-refractivity contribution < 1.29 is 0 Å². The lowest BCUT2D eigenvalue weighted by molar-refractivity contribution is 0.121. The zero-order valence-corrected chi connectivity index (χ0v) is 17.1. The summed E-state index contributed by atoms with van der Waals surface area (Å²) in [4.78, 5) is 9.87. The molecule has 0 aliphatic carbocycles. The van der Waals surface area contributed by atoms with Crippen molar-refractivity contribution in [2.45, 2.75) is 20.0 Å². The van der Waals surface area contributed by atoms with Crippen LogP contribution in [0, 0.1) is 6.92 Å². The number of aryl methyl sites for hydroxylation is 1. The van der Waals surface area contributed by atoms with Gasteiger partial charge in [-0.1, -0.05) is 53.6 Å². The maximum Gasteiger partial charge on any atom is 0.123 e. The number of rotatable bonds is 5. The largest absolute Gasteiger partial charge is 0.297 e. The first kappa shape index (κ1) is 18.6. The molecule has 27 heavy (non-hydrogen) atoms. The van der Waals surface area contributed by atoms with Crippen LogP contribution in [0.3, 0.4) is 0 Å². The molecule has 1 fully saturated rings. The molecule has 0 radical (unpaired) electrons. The van der Waals surface area contributed by atoms with Gasteiger partial charge in [-0.15, -0.1) is 11.3 Å². The average molecular weight is 398 g/mol. The second-order valence-corrected chi connectivity index (χ2v) is 8.48. The standard InChI is InChI=1S/C22H24ClN3S/c1-17-2-6-19(7-3-17)22-24-21(16-27-22)15-26-12-10-25(11-13-26)14-18-4-8-20(23)9-5-18/h2-9,16H,10-15H2,1H3. The summed E-state index contributed by atoms with van der Waals surface area (Å²) in [6.45, 7) is 8.42. The summed E-state index contributed by atoms with van der Waals surface area (Å²) in [5.74, 6) is 0. The lowest BCUT2D eigenvalue weighted by atomic mass is 10.2. The number of piperazine rings is 1. The molecule has 0 saturated carbocycles. The zero-order chi connectivity index (χ0) is 18.6. The van der Waals surface area contributed by atoms with E-state index in [1.807, 2.05) is 12.1 Å². The summed E-state index contributed by atoms with van der Waals surface area (Å²) >= 11 is 7.71. The summed E-state index contributed by atoms with van der Waals surface area (Å²) in [6, 6.07) is 16.8. The van der Waals surface area contributed by atoms with E-state index in [1.54, 1.807) is 11.3 Å². The molecule has 4 rings (SSSR count). The second-order valence-electron chi connectivity index (χ2n) is 7.19. The minimum atomic E-state index is 0.803. The van der Waals surface area contributed by atoms with Gasteiger partial charge >= 0.3 is 0 Å². The van der Waals surface area contributed by atoms with Gasteiger partial charge in [0, 0.05) is 55.2 Å². The number of thiazole rings is 1. The van der Waals surface area contributed by atoms with Gasteiger partial charge in [0.15, 0.2) is 0 Å². The minimum absolute atomic E-state index is 0.803. The van der Waals surface area contributed by atoms with E-state index in [1.165, 1.54) is 22.4 Å². The molecule has 1 aliphatic heterocycles. The lowest BCUT2D eigenvalue weighted by Gasteiger charge is -2.34. The number of aromatic nitrogens is 1. The topological polar surface area (TPSA) is 19.4 Å². The van der Waals surface area contributed by atoms with E-state index >= 15 is 0 Å². The number of benzene rings is 2. The minimum Gasteiger partial charge on any atom is -0.297 e. The van der Waals surface area contributed by atoms with Crippen LogP contribution < -0.4 is 0 Å². The number of nitrogens with zero attached hydrogens (tertiary/aromatic N) is 3. The Morgan fingerprint density at radius 1 is 0.889 bits per heavy atom. The summed E-state index contributed by atoms with van der Waals surface area (Å²) in [5, 5.41) is 4.12. The van der Waals surface area contributed by atoms with Gasteiger partial charge in [-0.05, 0) is 24.6 Å². The van der Waals surface area contributed by atoms with Crippen molar-refractivity contribution >= 4 is 22.9 Å². The van der Waals surface area contributed by atoms with E-state index in [-0.39, 0.29) is 0 Å². The van der Waals surface area contributed by atoms with Gasteiger partial charge in [0.2, 0.25) is 0 Å². The molecular weight excluding hydrogens is 374 g/mol. The first-order valence-corrected chi connectivity index (χ1v) is 10.6. The summed E-state index contributed by atoms with van der Waals surface area (Å²) < 4.78 is 0. The quantitative estimate of drug-likeness (QED) is 0.597. The molecule has 0 bridgehead atoms. The number of halogens is 1. The van der Waals surface area contributed by atoms with Gasteiger partial charge in [0.1, 0.15) is 5.01 Å². The number of hydrogen-bond donors (Lipinski definition) is 0. The smallest absolute Gasteiger partial charge is 0.123 e. The highest BCUT2D eigenvalue weighted by Crippen LogP contribution is 2.25. The van der Waals surface area contributed by atoms with Gasteiger partial charge in [0.05, 0.1) is 5.69 Å². The molecule has 5 heteroatoms. The Labute approximate surface area is 170 Å². The Bertz CT molecular complexity index is 865. The summed E-state index contributed by atoms with van der Waals surface area (Å²) in [5.41, 5.74) is 5.01. The molecule has 0 unspecified atom stereocenters. The van der Waals surface area contributed by atoms with Crippen LogP contribution in [0.1, 0.15) is 16.8 Å². The van der Waals surface area contributed by atoms with Crippen molar-refractivity contribution in [2.24, 2.45) is 0 Å². The molecule has 3 nitrogen and oxygen atoms in total. The normalized spacial score (nSPS) is 15.9. The highest BCUT2D eigenvalue weighted by atomic mass is 35.5. The third-order valence-corrected chi connectivity index (χ3v) is 6.21. The first-order valence-electron chi connectivity index (χ1n) is 9.36. The van der Waals surface area contributed by atoms with Crippen LogP contribution in [0.15, 0.2) is 53.9 Å². The summed E-state index contributed by atoms with van der Waals surface area (Å²) in [7, 11) is 0. The van der Waals surface area contributed by atoms with Gasteiger partial charge in [-0.2, -0.15) is 0 Å². The highest BCUT2D eigenvalue weighted by Gasteiger charge is 2.18. The lowest BCUT2D eigenvalue weighted by Crippen LogP contribution is -2.45. The van der Waals surface area contributed by atoms with Crippen molar-refractivity contribution in [3.8, 4) is 10.6 Å². The fourth-order valence-corrected chi connectivity index (χ4v) is 4.33. The SMILES string of the molecule is Cc1ccc(-c2nc(CN3CCN(Cc4ccc(Cl)cc4)CC3)cs2)cc1. The van der Waals surface area contributed by atoms with Gasteiger partial charge in [-0.25, -0.2) is 4.98 Å². The monoisotopic (exact) mass is 397 g/mol. The second kappa shape index (κ2) is 8.53. The zero-order valence-electron chi connectivity index (χ0n) is 15.6. The average Bonchev–Trinajstić information content (AvgIpc) is 3.14. The van der Waals surface area contributed by atoms with E-state index in [0.717, 1.165) is 49.3 Å². The van der Waals surface area contributed by atoms with E-state index in [4.69, 9.17) is 16.6 Å². The van der Waals surface area contributed by atoms with Crippen LogP contribution in [-0.2, 0) is 13.1 Å². The maximum absolute atomic E-state index is 5.97. The fraction of sp³-hybridized carbons (Fsp3) is 0.318. The highest BCUT2D eigenvalue weighted by molar-refractivity contribution is 7.13. The molecule has 140 valence electrons. The van der Waals surface area contributed by atoms with Crippen molar-refractivity contribution in [1.29, 1.82) is 0 Å². The molecule has 2 aromatic carbocycles. The van der Waals surface area contributed by atoms with Crippen LogP contribution in [0.25, 0.3) is 10.6 Å². The van der Waals surface area contributed by atoms with Crippen molar-refractivity contribution in [2.75, 3.05) is 26.2 Å². The molecule has 1 aromatic heterocycles. The van der Waals surface area contributed by atoms with E-state index in [2.05, 4.69) is 58.5 Å². The van der Waals surface area contributed by atoms with E-state index in [9.17, 15) is 0 Å². The molecule has 3 aromatic rings. The predicted octanol–water partition coefficient (Wildman–Crippen LogP) is 5.09. The number of hydrogen-bond acceptors (Lipinski definition) is 4. The van der Waals surface area contributed by atoms with Gasteiger partial charge < -0.3 is 0 Å². The van der Waals surface area contributed by atoms with Gasteiger partial charge in [-0.3, -0.25) is 9.80 Å². The Morgan fingerprint density at radius 2 is 1.52 bits per heavy atom. The molecule has 0 amide bonds. The van der Waals surface area contributed by atoms with Crippen LogP contribution in [-0.4, -0.2) is 41.0 Å². The van der Waals surface area contributed by atoms with Gasteiger partial charge in [0.25, 0.3) is 0 Å². The first-order chi connectivity index (χ1) is 13.2. The van der Waals surface area contributed by atoms with Crippen LogP contribution in [0.4, 0.5) is 0 Å². The van der Waals surface area contributed by atoms with Crippen LogP contribution in [0.2, 0.25) is 5.02 Å². The Balaban J connectivity index is 1.29. The molecule has 0 atom stereocenters. The van der Waals surface area contributed by atoms with E-state index < -0.39 is 0 Å². The predicted molar refractivity (Wildman–Crippen MR) is 114 cm³/mol. The molecule has 1 aliphatic rings.